The maximum atomic E-state index is 12.4. The van der Waals surface area contributed by atoms with Crippen LogP contribution < -0.4 is 11.2 Å². The summed E-state index contributed by atoms with van der Waals surface area (Å²) in [6.07, 6.45) is 6.12. The standard InChI is InChI=1S/C19H24N4O2S/c1-21-17-16(18(24)22(2)19(21)25)23(14-20-17)12-8-3-4-9-13-26-15-10-6-5-7-11-15/h5-7,10-11,14H,3-4,8-9,12-13H2,1-2H3. The second-order valence-electron chi connectivity index (χ2n) is 6.39. The van der Waals surface area contributed by atoms with Crippen molar-refractivity contribution < 1.29 is 0 Å². The van der Waals surface area contributed by atoms with Crippen LogP contribution in [0.25, 0.3) is 11.2 Å². The number of imidazole rings is 1. The minimum Gasteiger partial charge on any atom is -0.325 e. The zero-order valence-corrected chi connectivity index (χ0v) is 16.0. The molecule has 0 atom stereocenters. The van der Waals surface area contributed by atoms with Crippen LogP contribution in [0.1, 0.15) is 25.7 Å². The van der Waals surface area contributed by atoms with Gasteiger partial charge in [0.2, 0.25) is 0 Å². The monoisotopic (exact) mass is 372 g/mol. The van der Waals surface area contributed by atoms with Gasteiger partial charge in [-0.15, -0.1) is 11.8 Å². The van der Waals surface area contributed by atoms with E-state index < -0.39 is 0 Å². The van der Waals surface area contributed by atoms with Crippen LogP contribution in [0.15, 0.2) is 51.1 Å². The molecule has 3 rings (SSSR count). The zero-order valence-electron chi connectivity index (χ0n) is 15.2. The van der Waals surface area contributed by atoms with Crippen molar-refractivity contribution in [2.75, 3.05) is 5.75 Å². The molecule has 0 radical (unpaired) electrons. The highest BCUT2D eigenvalue weighted by Crippen LogP contribution is 2.19. The van der Waals surface area contributed by atoms with Gasteiger partial charge in [-0.3, -0.25) is 13.9 Å². The summed E-state index contributed by atoms with van der Waals surface area (Å²) >= 11 is 1.89. The molecule has 3 aromatic rings. The molecule has 26 heavy (non-hydrogen) atoms. The molecule has 0 aliphatic heterocycles. The molecular weight excluding hydrogens is 348 g/mol. The average molecular weight is 372 g/mol. The molecule has 0 unspecified atom stereocenters. The van der Waals surface area contributed by atoms with E-state index in [-0.39, 0.29) is 11.2 Å². The van der Waals surface area contributed by atoms with Crippen molar-refractivity contribution in [3.05, 3.63) is 57.5 Å². The topological polar surface area (TPSA) is 61.8 Å². The lowest BCUT2D eigenvalue weighted by molar-refractivity contribution is 0.590. The fraction of sp³-hybridized carbons (Fsp3) is 0.421. The normalized spacial score (nSPS) is 11.3. The number of hydrogen-bond donors (Lipinski definition) is 0. The third-order valence-corrected chi connectivity index (χ3v) is 5.62. The number of unbranched alkanes of at least 4 members (excludes halogenated alkanes) is 3. The van der Waals surface area contributed by atoms with E-state index in [9.17, 15) is 9.59 Å². The molecule has 0 N–H and O–H groups in total. The van der Waals surface area contributed by atoms with Crippen molar-refractivity contribution in [3.63, 3.8) is 0 Å². The lowest BCUT2D eigenvalue weighted by Gasteiger charge is -2.07. The molecule has 0 saturated carbocycles. The van der Waals surface area contributed by atoms with Crippen LogP contribution in [0.5, 0.6) is 0 Å². The molecule has 7 heteroatoms. The van der Waals surface area contributed by atoms with Crippen LogP contribution in [0, 0.1) is 0 Å². The zero-order chi connectivity index (χ0) is 18.5. The van der Waals surface area contributed by atoms with Crippen LogP contribution in [0.3, 0.4) is 0 Å². The molecular formula is C19H24N4O2S. The Kier molecular flexibility index (Phi) is 5.98. The summed E-state index contributed by atoms with van der Waals surface area (Å²) in [4.78, 5) is 29.9. The van der Waals surface area contributed by atoms with Gasteiger partial charge in [0.05, 0.1) is 6.33 Å². The Bertz CT molecular complexity index is 988. The first kappa shape index (κ1) is 18.5. The fourth-order valence-electron chi connectivity index (χ4n) is 3.01. The average Bonchev–Trinajstić information content (AvgIpc) is 3.09. The highest BCUT2D eigenvalue weighted by atomic mass is 32.2. The summed E-state index contributed by atoms with van der Waals surface area (Å²) in [7, 11) is 3.15. The maximum absolute atomic E-state index is 12.4. The third-order valence-electron chi connectivity index (χ3n) is 4.52. The fourth-order valence-corrected chi connectivity index (χ4v) is 3.94. The summed E-state index contributed by atoms with van der Waals surface area (Å²) in [5.74, 6) is 1.13. The van der Waals surface area contributed by atoms with Gasteiger partial charge in [-0.2, -0.15) is 0 Å². The lowest BCUT2D eigenvalue weighted by atomic mass is 10.2. The summed E-state index contributed by atoms with van der Waals surface area (Å²) < 4.78 is 4.44. The first-order chi connectivity index (χ1) is 12.6. The van der Waals surface area contributed by atoms with Crippen LogP contribution in [-0.4, -0.2) is 24.4 Å². The molecule has 0 aliphatic carbocycles. The van der Waals surface area contributed by atoms with E-state index in [4.69, 9.17) is 0 Å². The number of rotatable bonds is 8. The van der Waals surface area contributed by atoms with Gasteiger partial charge in [-0.25, -0.2) is 9.78 Å². The third kappa shape index (κ3) is 3.93. The number of aromatic nitrogens is 4. The molecule has 0 saturated heterocycles. The van der Waals surface area contributed by atoms with E-state index in [1.165, 1.54) is 29.4 Å². The van der Waals surface area contributed by atoms with E-state index in [1.807, 2.05) is 22.4 Å². The molecule has 1 aromatic carbocycles. The highest BCUT2D eigenvalue weighted by Gasteiger charge is 2.13. The lowest BCUT2D eigenvalue weighted by Crippen LogP contribution is -2.37. The van der Waals surface area contributed by atoms with Crippen molar-refractivity contribution in [1.82, 2.24) is 18.7 Å². The van der Waals surface area contributed by atoms with Gasteiger partial charge in [0.25, 0.3) is 5.56 Å². The molecule has 0 spiro atoms. The Morgan fingerprint density at radius 2 is 1.69 bits per heavy atom. The number of nitrogens with zero attached hydrogens (tertiary/aromatic N) is 4. The summed E-state index contributed by atoms with van der Waals surface area (Å²) in [6, 6.07) is 10.5. The predicted octanol–water partition coefficient (Wildman–Crippen LogP) is 2.79. The molecule has 2 aromatic heterocycles. The smallest absolute Gasteiger partial charge is 0.325 e. The van der Waals surface area contributed by atoms with E-state index >= 15 is 0 Å². The van der Waals surface area contributed by atoms with Gasteiger partial charge in [-0.05, 0) is 30.7 Å². The number of benzene rings is 1. The van der Waals surface area contributed by atoms with Crippen molar-refractivity contribution in [3.8, 4) is 0 Å². The molecule has 0 bridgehead atoms. The number of hydrogen-bond acceptors (Lipinski definition) is 4. The van der Waals surface area contributed by atoms with E-state index in [0.717, 1.165) is 29.7 Å². The minimum atomic E-state index is -0.344. The highest BCUT2D eigenvalue weighted by molar-refractivity contribution is 7.99. The van der Waals surface area contributed by atoms with Gasteiger partial charge in [0.1, 0.15) is 0 Å². The SMILES string of the molecule is Cn1c(=O)c2c(ncn2CCCCCCSc2ccccc2)n(C)c1=O. The Morgan fingerprint density at radius 3 is 2.46 bits per heavy atom. The van der Waals surface area contributed by atoms with Gasteiger partial charge < -0.3 is 4.57 Å². The Hall–Kier alpha value is -2.28. The van der Waals surface area contributed by atoms with Crippen LogP contribution in [0.2, 0.25) is 0 Å². The van der Waals surface area contributed by atoms with Crippen molar-refractivity contribution in [2.24, 2.45) is 14.1 Å². The molecule has 0 fully saturated rings. The number of fused-ring (bicyclic) bond motifs is 1. The van der Waals surface area contributed by atoms with Crippen LogP contribution in [0.4, 0.5) is 0 Å². The van der Waals surface area contributed by atoms with E-state index in [2.05, 4.69) is 29.2 Å². The van der Waals surface area contributed by atoms with Crippen molar-refractivity contribution >= 4 is 22.9 Å². The summed E-state index contributed by atoms with van der Waals surface area (Å²) in [5, 5.41) is 0. The van der Waals surface area contributed by atoms with E-state index in [0.29, 0.717) is 11.2 Å². The Balaban J connectivity index is 1.50. The van der Waals surface area contributed by atoms with Crippen LogP contribution in [-0.2, 0) is 20.6 Å². The quantitative estimate of drug-likeness (QED) is 0.451. The maximum Gasteiger partial charge on any atom is 0.332 e. The molecule has 0 aliphatic rings. The molecule has 6 nitrogen and oxygen atoms in total. The molecule has 0 amide bonds. The first-order valence-electron chi connectivity index (χ1n) is 8.88. The van der Waals surface area contributed by atoms with Crippen molar-refractivity contribution in [2.45, 2.75) is 37.1 Å². The predicted molar refractivity (Wildman–Crippen MR) is 106 cm³/mol. The van der Waals surface area contributed by atoms with Crippen LogP contribution >= 0.6 is 11.8 Å². The van der Waals surface area contributed by atoms with E-state index in [1.54, 1.807) is 13.4 Å². The Labute approximate surface area is 156 Å². The Morgan fingerprint density at radius 1 is 0.962 bits per heavy atom. The van der Waals surface area contributed by atoms with Gasteiger partial charge in [0, 0.05) is 25.5 Å². The van der Waals surface area contributed by atoms with Gasteiger partial charge in [-0.1, -0.05) is 31.0 Å². The minimum absolute atomic E-state index is 0.278. The molecule has 138 valence electrons. The largest absolute Gasteiger partial charge is 0.332 e. The van der Waals surface area contributed by atoms with Gasteiger partial charge >= 0.3 is 5.69 Å². The number of thioether (sulfide) groups is 1. The first-order valence-corrected chi connectivity index (χ1v) is 9.87. The second kappa shape index (κ2) is 8.40. The van der Waals surface area contributed by atoms with Crippen molar-refractivity contribution in [1.29, 1.82) is 0 Å². The molecule has 2 heterocycles. The van der Waals surface area contributed by atoms with Gasteiger partial charge in [0.15, 0.2) is 11.2 Å². The number of aryl methyl sites for hydroxylation is 2. The second-order valence-corrected chi connectivity index (χ2v) is 7.56. The summed E-state index contributed by atoms with van der Waals surface area (Å²) in [6.45, 7) is 0.746. The summed E-state index contributed by atoms with van der Waals surface area (Å²) in [5.41, 5.74) is 0.343.